The van der Waals surface area contributed by atoms with Crippen molar-refractivity contribution in [2.75, 3.05) is 31.6 Å². The maximum Gasteiger partial charge on any atom is 0.416 e. The van der Waals surface area contributed by atoms with Crippen LogP contribution in [-0.4, -0.2) is 44.9 Å². The second-order valence-electron chi connectivity index (χ2n) is 6.53. The molecule has 0 bridgehead atoms. The molecular formula is C19H19F3N2O4S. The van der Waals surface area contributed by atoms with Crippen molar-refractivity contribution in [1.29, 1.82) is 0 Å². The summed E-state index contributed by atoms with van der Waals surface area (Å²) in [7, 11) is -3.81. The standard InChI is InChI=1S/C19H19F3N2O4S/c1-13-5-6-16(29(26,27)24-7-9-28-10-8-24)12-17(13)18(25)23-15-4-2-3-14(11-15)19(20,21)22/h2-6,11-12H,7-10H2,1H3,(H,23,25). The lowest BCUT2D eigenvalue weighted by Gasteiger charge is -2.26. The fraction of sp³-hybridized carbons (Fsp3) is 0.316. The van der Waals surface area contributed by atoms with E-state index in [2.05, 4.69) is 5.32 Å². The number of benzene rings is 2. The molecule has 2 aromatic rings. The summed E-state index contributed by atoms with van der Waals surface area (Å²) in [5, 5.41) is 2.40. The summed E-state index contributed by atoms with van der Waals surface area (Å²) in [5.41, 5.74) is -0.367. The molecule has 2 aromatic carbocycles. The van der Waals surface area contributed by atoms with Crippen LogP contribution >= 0.6 is 0 Å². The topological polar surface area (TPSA) is 75.7 Å². The van der Waals surface area contributed by atoms with E-state index in [0.717, 1.165) is 12.1 Å². The van der Waals surface area contributed by atoms with Gasteiger partial charge in [0.2, 0.25) is 10.0 Å². The van der Waals surface area contributed by atoms with E-state index in [0.29, 0.717) is 5.56 Å². The quantitative estimate of drug-likeness (QED) is 0.811. The number of sulfonamides is 1. The van der Waals surface area contributed by atoms with Crippen LogP contribution in [0.2, 0.25) is 0 Å². The number of nitrogens with zero attached hydrogens (tertiary/aromatic N) is 1. The number of rotatable bonds is 4. The lowest BCUT2D eigenvalue weighted by Crippen LogP contribution is -2.40. The molecule has 0 radical (unpaired) electrons. The normalized spacial score (nSPS) is 15.9. The third-order valence-electron chi connectivity index (χ3n) is 4.51. The van der Waals surface area contributed by atoms with Crippen LogP contribution in [0, 0.1) is 6.92 Å². The summed E-state index contributed by atoms with van der Waals surface area (Å²) < 4.78 is 70.6. The molecular weight excluding hydrogens is 409 g/mol. The van der Waals surface area contributed by atoms with Gasteiger partial charge in [-0.05, 0) is 42.8 Å². The molecule has 1 fully saturated rings. The first-order chi connectivity index (χ1) is 13.6. The van der Waals surface area contributed by atoms with E-state index in [-0.39, 0.29) is 42.4 Å². The number of carbonyl (C=O) groups is 1. The number of hydrogen-bond acceptors (Lipinski definition) is 4. The van der Waals surface area contributed by atoms with Crippen molar-refractivity contribution in [3.63, 3.8) is 0 Å². The number of alkyl halides is 3. The van der Waals surface area contributed by atoms with E-state index in [1.807, 2.05) is 0 Å². The fourth-order valence-electron chi connectivity index (χ4n) is 2.91. The summed E-state index contributed by atoms with van der Waals surface area (Å²) in [5.74, 6) is -0.694. The zero-order valence-corrected chi connectivity index (χ0v) is 16.3. The van der Waals surface area contributed by atoms with E-state index in [4.69, 9.17) is 4.74 Å². The number of anilines is 1. The number of amides is 1. The van der Waals surface area contributed by atoms with E-state index < -0.39 is 27.7 Å². The van der Waals surface area contributed by atoms with Gasteiger partial charge < -0.3 is 10.1 Å². The Morgan fingerprint density at radius 2 is 1.79 bits per heavy atom. The highest BCUT2D eigenvalue weighted by Gasteiger charge is 2.31. The molecule has 0 aromatic heterocycles. The van der Waals surface area contributed by atoms with E-state index in [9.17, 15) is 26.4 Å². The first kappa shape index (κ1) is 21.3. The number of hydrogen-bond donors (Lipinski definition) is 1. The van der Waals surface area contributed by atoms with Crippen LogP contribution in [0.5, 0.6) is 0 Å². The lowest BCUT2D eigenvalue weighted by molar-refractivity contribution is -0.137. The summed E-state index contributed by atoms with van der Waals surface area (Å²) in [4.78, 5) is 12.6. The Hall–Kier alpha value is -2.43. The highest BCUT2D eigenvalue weighted by molar-refractivity contribution is 7.89. The Bertz CT molecular complexity index is 1020. The van der Waals surface area contributed by atoms with Crippen molar-refractivity contribution >= 4 is 21.6 Å². The van der Waals surface area contributed by atoms with Crippen molar-refractivity contribution in [3.8, 4) is 0 Å². The number of aryl methyl sites for hydroxylation is 1. The van der Waals surface area contributed by atoms with Gasteiger partial charge in [0.1, 0.15) is 0 Å². The molecule has 0 spiro atoms. The third-order valence-corrected chi connectivity index (χ3v) is 6.40. The van der Waals surface area contributed by atoms with Crippen molar-refractivity contribution in [1.82, 2.24) is 4.31 Å². The number of halogens is 3. The highest BCUT2D eigenvalue weighted by Crippen LogP contribution is 2.31. The molecule has 1 aliphatic heterocycles. The Balaban J connectivity index is 1.87. The molecule has 1 amide bonds. The number of morpholine rings is 1. The van der Waals surface area contributed by atoms with Crippen LogP contribution in [0.15, 0.2) is 47.4 Å². The number of carbonyl (C=O) groups excluding carboxylic acids is 1. The maximum absolute atomic E-state index is 12.9. The van der Waals surface area contributed by atoms with E-state index >= 15 is 0 Å². The SMILES string of the molecule is Cc1ccc(S(=O)(=O)N2CCOCC2)cc1C(=O)Nc1cccc(C(F)(F)F)c1. The Labute approximate surface area is 166 Å². The van der Waals surface area contributed by atoms with Gasteiger partial charge in [0.15, 0.2) is 0 Å². The summed E-state index contributed by atoms with van der Waals surface area (Å²) in [6.07, 6.45) is -4.54. The third kappa shape index (κ3) is 4.77. The van der Waals surface area contributed by atoms with Crippen LogP contribution in [-0.2, 0) is 20.9 Å². The van der Waals surface area contributed by atoms with E-state index in [1.165, 1.54) is 34.6 Å². The van der Waals surface area contributed by atoms with Crippen LogP contribution in [0.4, 0.5) is 18.9 Å². The molecule has 0 unspecified atom stereocenters. The Kier molecular flexibility index (Phi) is 5.97. The van der Waals surface area contributed by atoms with Gasteiger partial charge in [-0.25, -0.2) is 8.42 Å². The second kappa shape index (κ2) is 8.13. The molecule has 0 atom stereocenters. The predicted octanol–water partition coefficient (Wildman–Crippen LogP) is 3.29. The van der Waals surface area contributed by atoms with Crippen LogP contribution < -0.4 is 5.32 Å². The minimum Gasteiger partial charge on any atom is -0.379 e. The first-order valence-electron chi connectivity index (χ1n) is 8.76. The zero-order valence-electron chi connectivity index (χ0n) is 15.5. The molecule has 0 saturated carbocycles. The van der Waals surface area contributed by atoms with Crippen molar-refractivity contribution in [3.05, 3.63) is 59.2 Å². The van der Waals surface area contributed by atoms with E-state index in [1.54, 1.807) is 6.92 Å². The molecule has 3 rings (SSSR count). The van der Waals surface area contributed by atoms with Crippen molar-refractivity contribution < 1.29 is 31.1 Å². The molecule has 1 N–H and O–H groups in total. The average molecular weight is 428 g/mol. The molecule has 156 valence electrons. The second-order valence-corrected chi connectivity index (χ2v) is 8.46. The Morgan fingerprint density at radius 3 is 2.45 bits per heavy atom. The van der Waals surface area contributed by atoms with Crippen LogP contribution in [0.3, 0.4) is 0 Å². The lowest BCUT2D eigenvalue weighted by atomic mass is 10.1. The van der Waals surface area contributed by atoms with Crippen molar-refractivity contribution in [2.45, 2.75) is 18.0 Å². The predicted molar refractivity (Wildman–Crippen MR) is 100 cm³/mol. The number of ether oxygens (including phenoxy) is 1. The van der Waals surface area contributed by atoms with Gasteiger partial charge in [-0.3, -0.25) is 4.79 Å². The van der Waals surface area contributed by atoms with Gasteiger partial charge in [0, 0.05) is 24.3 Å². The molecule has 1 saturated heterocycles. The van der Waals surface area contributed by atoms with Gasteiger partial charge in [0.05, 0.1) is 23.7 Å². The largest absolute Gasteiger partial charge is 0.416 e. The smallest absolute Gasteiger partial charge is 0.379 e. The van der Waals surface area contributed by atoms with Crippen LogP contribution in [0.1, 0.15) is 21.5 Å². The molecule has 1 aliphatic rings. The van der Waals surface area contributed by atoms with Gasteiger partial charge >= 0.3 is 6.18 Å². The fourth-order valence-corrected chi connectivity index (χ4v) is 4.35. The minimum atomic E-state index is -4.54. The molecule has 0 aliphatic carbocycles. The van der Waals surface area contributed by atoms with Gasteiger partial charge in [-0.1, -0.05) is 12.1 Å². The molecule has 6 nitrogen and oxygen atoms in total. The number of nitrogens with one attached hydrogen (secondary N) is 1. The summed E-state index contributed by atoms with van der Waals surface area (Å²) in [6, 6.07) is 8.37. The average Bonchev–Trinajstić information content (AvgIpc) is 2.68. The molecule has 29 heavy (non-hydrogen) atoms. The molecule has 10 heteroatoms. The maximum atomic E-state index is 12.9. The summed E-state index contributed by atoms with van der Waals surface area (Å²) in [6.45, 7) is 2.61. The summed E-state index contributed by atoms with van der Waals surface area (Å²) >= 11 is 0. The highest BCUT2D eigenvalue weighted by atomic mass is 32.2. The minimum absolute atomic E-state index is 0.0364. The first-order valence-corrected chi connectivity index (χ1v) is 10.2. The molecule has 1 heterocycles. The van der Waals surface area contributed by atoms with Crippen LogP contribution in [0.25, 0.3) is 0 Å². The van der Waals surface area contributed by atoms with Gasteiger partial charge in [-0.2, -0.15) is 17.5 Å². The Morgan fingerprint density at radius 1 is 1.10 bits per heavy atom. The zero-order chi connectivity index (χ0) is 21.2. The van der Waals surface area contributed by atoms with Crippen molar-refractivity contribution in [2.24, 2.45) is 0 Å². The van der Waals surface area contributed by atoms with Gasteiger partial charge in [-0.15, -0.1) is 0 Å². The monoisotopic (exact) mass is 428 g/mol. The van der Waals surface area contributed by atoms with Gasteiger partial charge in [0.25, 0.3) is 5.91 Å².